The number of carbonyl (C=O) groups is 1. The second-order valence-electron chi connectivity index (χ2n) is 7.35. The Labute approximate surface area is 191 Å². The van der Waals surface area contributed by atoms with Gasteiger partial charge in [-0.1, -0.05) is 31.0 Å². The minimum absolute atomic E-state index is 0.166. The number of rotatable bonds is 12. The molecule has 0 radical (unpaired) electrons. The van der Waals surface area contributed by atoms with E-state index in [1.165, 1.54) is 0 Å². The molecule has 4 N–H and O–H groups in total. The summed E-state index contributed by atoms with van der Waals surface area (Å²) < 4.78 is 26.1. The Morgan fingerprint density at radius 1 is 0.818 bits per heavy atom. The minimum atomic E-state index is -3.73. The molecule has 0 spiro atoms. The van der Waals surface area contributed by atoms with E-state index in [0.717, 1.165) is 6.42 Å². The Morgan fingerprint density at radius 3 is 2.21 bits per heavy atom. The summed E-state index contributed by atoms with van der Waals surface area (Å²) in [4.78, 5) is 39.3. The van der Waals surface area contributed by atoms with Crippen molar-refractivity contribution in [3.8, 4) is 0 Å². The molecule has 174 valence electrons. The monoisotopic (exact) mass is 471 g/mol. The summed E-state index contributed by atoms with van der Waals surface area (Å²) in [6.07, 6.45) is 5.59. The lowest BCUT2D eigenvalue weighted by atomic mass is 10.1. The van der Waals surface area contributed by atoms with Crippen molar-refractivity contribution < 1.29 is 13.2 Å². The normalized spacial score (nSPS) is 11.2. The summed E-state index contributed by atoms with van der Waals surface area (Å²) in [6, 6.07) is 11.1. The molecule has 0 aliphatic rings. The molecular formula is C22H25N5O5S. The smallest absolute Gasteiger partial charge is 0.332 e. The van der Waals surface area contributed by atoms with Crippen molar-refractivity contribution in [2.45, 2.75) is 25.7 Å². The number of hydrogen-bond donors (Lipinski definition) is 4. The third kappa shape index (κ3) is 7.14. The van der Waals surface area contributed by atoms with Crippen LogP contribution in [0, 0.1) is 0 Å². The van der Waals surface area contributed by atoms with Gasteiger partial charge in [0.25, 0.3) is 10.9 Å². The molecule has 0 atom stereocenters. The van der Waals surface area contributed by atoms with Gasteiger partial charge in [-0.25, -0.2) is 17.9 Å². The van der Waals surface area contributed by atoms with Crippen molar-refractivity contribution in [3.63, 3.8) is 0 Å². The summed E-state index contributed by atoms with van der Waals surface area (Å²) in [5, 5.41) is 8.35. The highest BCUT2D eigenvalue weighted by atomic mass is 32.2. The standard InChI is InChI=1S/C22H25N5O5S/c28-20-18(19(21(20)29)25-17-10-13-23-14-11-17)24-12-6-1-2-7-15-33(31,32)27-22(30)26-16-8-4-3-5-9-16/h3-5,8-11,13-14,24H,1-2,6-7,12,15H2,(H,23,25)(H2,26,27,30). The van der Waals surface area contributed by atoms with Gasteiger partial charge in [0.2, 0.25) is 10.0 Å². The van der Waals surface area contributed by atoms with Gasteiger partial charge in [0, 0.05) is 30.3 Å². The fraction of sp³-hybridized carbons (Fsp3) is 0.273. The van der Waals surface area contributed by atoms with Crippen LogP contribution in [0.1, 0.15) is 25.7 Å². The minimum Gasteiger partial charge on any atom is -0.380 e. The van der Waals surface area contributed by atoms with Gasteiger partial charge in [0.15, 0.2) is 0 Å². The molecule has 1 heterocycles. The maximum Gasteiger partial charge on any atom is 0.332 e. The van der Waals surface area contributed by atoms with Crippen molar-refractivity contribution in [2.24, 2.45) is 0 Å². The Bertz CT molecular complexity index is 1240. The third-order valence-electron chi connectivity index (χ3n) is 4.78. The van der Waals surface area contributed by atoms with Crippen molar-refractivity contribution in [2.75, 3.05) is 28.2 Å². The number of anilines is 4. The summed E-state index contributed by atoms with van der Waals surface area (Å²) in [7, 11) is -3.73. The molecule has 3 rings (SSSR count). The molecule has 10 nitrogen and oxygen atoms in total. The summed E-state index contributed by atoms with van der Waals surface area (Å²) in [6.45, 7) is 0.473. The van der Waals surface area contributed by atoms with E-state index in [1.807, 2.05) is 4.72 Å². The topological polar surface area (TPSA) is 146 Å². The van der Waals surface area contributed by atoms with Gasteiger partial charge in [0.05, 0.1) is 5.75 Å². The maximum absolute atomic E-state index is 12.0. The zero-order valence-electron chi connectivity index (χ0n) is 17.8. The second kappa shape index (κ2) is 11.2. The van der Waals surface area contributed by atoms with Gasteiger partial charge in [-0.2, -0.15) is 0 Å². The lowest BCUT2D eigenvalue weighted by Gasteiger charge is -2.14. The number of hydrogen-bond acceptors (Lipinski definition) is 8. The van der Waals surface area contributed by atoms with Crippen LogP contribution in [0.4, 0.5) is 27.5 Å². The average Bonchev–Trinajstić information content (AvgIpc) is 2.80. The predicted octanol–water partition coefficient (Wildman–Crippen LogP) is 2.55. The van der Waals surface area contributed by atoms with E-state index in [0.29, 0.717) is 37.2 Å². The SMILES string of the molecule is O=C(Nc1ccccc1)NS(=O)(=O)CCCCCCNc1c(Nc2ccncc2)c(=O)c1=O. The molecule has 0 saturated carbocycles. The number of sulfonamides is 1. The van der Waals surface area contributed by atoms with Crippen molar-refractivity contribution >= 4 is 38.8 Å². The lowest BCUT2D eigenvalue weighted by molar-refractivity contribution is 0.256. The molecule has 0 bridgehead atoms. The fourth-order valence-corrected chi connectivity index (χ4v) is 4.13. The first kappa shape index (κ1) is 23.9. The van der Waals surface area contributed by atoms with Gasteiger partial charge < -0.3 is 16.0 Å². The summed E-state index contributed by atoms with van der Waals surface area (Å²) in [5.74, 6) is -0.166. The van der Waals surface area contributed by atoms with Crippen LogP contribution in [0.2, 0.25) is 0 Å². The van der Waals surface area contributed by atoms with Gasteiger partial charge >= 0.3 is 6.03 Å². The number of nitrogens with one attached hydrogen (secondary N) is 4. The van der Waals surface area contributed by atoms with Crippen LogP contribution >= 0.6 is 0 Å². The molecule has 2 aromatic carbocycles. The molecular weight excluding hydrogens is 446 g/mol. The van der Waals surface area contributed by atoms with Crippen LogP contribution in [-0.2, 0) is 10.0 Å². The highest BCUT2D eigenvalue weighted by Gasteiger charge is 2.20. The molecule has 3 aromatic rings. The lowest BCUT2D eigenvalue weighted by Crippen LogP contribution is -2.36. The maximum atomic E-state index is 12.0. The molecule has 0 fully saturated rings. The van der Waals surface area contributed by atoms with Gasteiger partial charge in [-0.05, 0) is 37.1 Å². The zero-order valence-corrected chi connectivity index (χ0v) is 18.7. The number of benzene rings is 1. The zero-order chi connectivity index (χ0) is 23.7. The van der Waals surface area contributed by atoms with E-state index in [2.05, 4.69) is 20.9 Å². The summed E-state index contributed by atoms with van der Waals surface area (Å²) >= 11 is 0. The Morgan fingerprint density at radius 2 is 1.48 bits per heavy atom. The number of urea groups is 1. The summed E-state index contributed by atoms with van der Waals surface area (Å²) in [5.41, 5.74) is 0.525. The third-order valence-corrected chi connectivity index (χ3v) is 6.10. The van der Waals surface area contributed by atoms with Crippen LogP contribution in [-0.4, -0.2) is 31.7 Å². The van der Waals surface area contributed by atoms with Crippen LogP contribution in [0.5, 0.6) is 0 Å². The van der Waals surface area contributed by atoms with E-state index >= 15 is 0 Å². The van der Waals surface area contributed by atoms with Crippen LogP contribution in [0.3, 0.4) is 0 Å². The van der Waals surface area contributed by atoms with Crippen LogP contribution in [0.15, 0.2) is 64.4 Å². The van der Waals surface area contributed by atoms with Gasteiger partial charge in [0.1, 0.15) is 11.4 Å². The first-order valence-electron chi connectivity index (χ1n) is 10.5. The highest BCUT2D eigenvalue weighted by Crippen LogP contribution is 2.20. The van der Waals surface area contributed by atoms with Crippen molar-refractivity contribution in [3.05, 3.63) is 75.3 Å². The number of nitrogens with zero attached hydrogens (tertiary/aromatic N) is 1. The van der Waals surface area contributed by atoms with E-state index in [4.69, 9.17) is 0 Å². The molecule has 0 aliphatic heterocycles. The molecule has 0 saturated heterocycles. The Hall–Kier alpha value is -3.73. The first-order chi connectivity index (χ1) is 15.9. The number of unbranched alkanes of at least 4 members (excludes halogenated alkanes) is 3. The Kier molecular flexibility index (Phi) is 8.14. The molecule has 1 aromatic heterocycles. The predicted molar refractivity (Wildman–Crippen MR) is 128 cm³/mol. The number of pyridine rings is 1. The van der Waals surface area contributed by atoms with Crippen LogP contribution < -0.4 is 31.5 Å². The van der Waals surface area contributed by atoms with Gasteiger partial charge in [-0.3, -0.25) is 14.6 Å². The number of aromatic nitrogens is 1. The fourth-order valence-electron chi connectivity index (χ4n) is 3.11. The van der Waals surface area contributed by atoms with E-state index in [1.54, 1.807) is 54.9 Å². The van der Waals surface area contributed by atoms with E-state index < -0.39 is 26.9 Å². The molecule has 33 heavy (non-hydrogen) atoms. The molecule has 0 unspecified atom stereocenters. The molecule has 0 aliphatic carbocycles. The average molecular weight is 472 g/mol. The van der Waals surface area contributed by atoms with Gasteiger partial charge in [-0.15, -0.1) is 0 Å². The Balaban J connectivity index is 1.33. The first-order valence-corrected chi connectivity index (χ1v) is 12.1. The number of carbonyl (C=O) groups excluding carboxylic acids is 1. The van der Waals surface area contributed by atoms with Crippen molar-refractivity contribution in [1.82, 2.24) is 9.71 Å². The molecule has 2 amide bonds. The molecule has 11 heteroatoms. The van der Waals surface area contributed by atoms with E-state index in [9.17, 15) is 22.8 Å². The quantitative estimate of drug-likeness (QED) is 0.233. The van der Waals surface area contributed by atoms with Crippen molar-refractivity contribution in [1.29, 1.82) is 0 Å². The van der Waals surface area contributed by atoms with Crippen LogP contribution in [0.25, 0.3) is 0 Å². The number of para-hydroxylation sites is 1. The highest BCUT2D eigenvalue weighted by molar-refractivity contribution is 7.90. The largest absolute Gasteiger partial charge is 0.380 e. The number of amides is 2. The van der Waals surface area contributed by atoms with E-state index in [-0.39, 0.29) is 17.1 Å². The second-order valence-corrected chi connectivity index (χ2v) is 9.19.